The predicted octanol–water partition coefficient (Wildman–Crippen LogP) is 3.07. The SMILES string of the molecule is C[C@H]1CN(C(=O)OC(C)(C)C)Cc2nnc([C@@](C)(O)C(F)(F)F)n21.C[C@H]1CNCc2nnc([C@@](C)(O)C(F)(F)F)n21. The molecule has 0 spiro atoms. The Kier molecular flexibility index (Phi) is 8.48. The summed E-state index contributed by atoms with van der Waals surface area (Å²) < 4.78 is 85.3. The molecule has 4 rings (SSSR count). The molecule has 12 nitrogen and oxygen atoms in total. The van der Waals surface area contributed by atoms with Crippen LogP contribution in [0.3, 0.4) is 0 Å². The average Bonchev–Trinajstić information content (AvgIpc) is 3.43. The number of nitrogens with zero attached hydrogens (tertiary/aromatic N) is 7. The highest BCUT2D eigenvalue weighted by molar-refractivity contribution is 5.68. The molecule has 0 radical (unpaired) electrons. The first-order valence-corrected chi connectivity index (χ1v) is 12.6. The fourth-order valence-corrected chi connectivity index (χ4v) is 4.30. The van der Waals surface area contributed by atoms with E-state index < -0.39 is 52.9 Å². The van der Waals surface area contributed by atoms with Crippen molar-refractivity contribution in [2.75, 3.05) is 13.1 Å². The van der Waals surface area contributed by atoms with E-state index in [2.05, 4.69) is 25.7 Å². The lowest BCUT2D eigenvalue weighted by Crippen LogP contribution is -2.46. The molecule has 4 heterocycles. The number of carbonyl (C=O) groups is 1. The lowest BCUT2D eigenvalue weighted by Gasteiger charge is -2.35. The van der Waals surface area contributed by atoms with Gasteiger partial charge in [0.25, 0.3) is 0 Å². The standard InChI is InChI=1S/C14H21F3N4O3.C9H13F3N4O/c1-8-6-20(11(22)24-12(2,3)4)7-9-18-19-10(21(8)9)13(5,23)14(15,16)17;1-5-3-13-4-6-14-15-7(16(5)6)8(2,17)9(10,11)12/h8,23H,6-7H2,1-5H3;5,13,17H,3-4H2,1-2H3/t8-,13+;5-,8+/m00/s1. The summed E-state index contributed by atoms with van der Waals surface area (Å²) in [6.07, 6.45) is -10.2. The molecule has 0 saturated heterocycles. The van der Waals surface area contributed by atoms with Crippen LogP contribution in [0.4, 0.5) is 31.1 Å². The summed E-state index contributed by atoms with van der Waals surface area (Å²) in [5.41, 5.74) is -6.79. The van der Waals surface area contributed by atoms with E-state index in [0.29, 0.717) is 32.8 Å². The molecule has 0 aromatic carbocycles. The third-order valence-corrected chi connectivity index (χ3v) is 6.58. The number of halogens is 6. The Bertz CT molecular complexity index is 1250. The van der Waals surface area contributed by atoms with Crippen LogP contribution in [0.15, 0.2) is 0 Å². The molecule has 0 saturated carbocycles. The van der Waals surface area contributed by atoms with E-state index in [1.54, 1.807) is 34.6 Å². The monoisotopic (exact) mass is 600 g/mol. The van der Waals surface area contributed by atoms with Crippen molar-refractivity contribution >= 4 is 6.09 Å². The summed E-state index contributed by atoms with van der Waals surface area (Å²) in [7, 11) is 0. The molecule has 0 fully saturated rings. The normalized spacial score (nSPS) is 22.5. The second kappa shape index (κ2) is 10.7. The number of rotatable bonds is 2. The zero-order chi connectivity index (χ0) is 31.3. The Balaban J connectivity index is 0.000000239. The molecule has 0 bridgehead atoms. The van der Waals surface area contributed by atoms with E-state index in [-0.39, 0.29) is 25.0 Å². The van der Waals surface area contributed by atoms with Crippen molar-refractivity contribution in [2.24, 2.45) is 0 Å². The van der Waals surface area contributed by atoms with E-state index in [1.807, 2.05) is 0 Å². The van der Waals surface area contributed by atoms with E-state index in [9.17, 15) is 41.4 Å². The highest BCUT2D eigenvalue weighted by Gasteiger charge is 2.56. The zero-order valence-corrected chi connectivity index (χ0v) is 23.6. The number of hydrogen-bond donors (Lipinski definition) is 3. The van der Waals surface area contributed by atoms with Gasteiger partial charge in [0.05, 0.1) is 19.1 Å². The number of aromatic nitrogens is 6. The maximum atomic E-state index is 13.1. The number of fused-ring (bicyclic) bond motifs is 2. The summed E-state index contributed by atoms with van der Waals surface area (Å²) in [6, 6.07) is -0.766. The maximum Gasteiger partial charge on any atom is 0.424 e. The highest BCUT2D eigenvalue weighted by atomic mass is 19.4. The quantitative estimate of drug-likeness (QED) is 0.443. The largest absolute Gasteiger partial charge is 0.444 e. The van der Waals surface area contributed by atoms with E-state index in [1.165, 1.54) is 14.0 Å². The smallest absolute Gasteiger partial charge is 0.424 e. The van der Waals surface area contributed by atoms with Gasteiger partial charge < -0.3 is 29.4 Å². The number of carbonyl (C=O) groups excluding carboxylic acids is 1. The lowest BCUT2D eigenvalue weighted by molar-refractivity contribution is -0.263. The first kappa shape index (κ1) is 32.5. The molecule has 2 aromatic rings. The third-order valence-electron chi connectivity index (χ3n) is 6.58. The summed E-state index contributed by atoms with van der Waals surface area (Å²) >= 11 is 0. The summed E-state index contributed by atoms with van der Waals surface area (Å²) in [6.45, 7) is 10.8. The van der Waals surface area contributed by atoms with Gasteiger partial charge in [-0.3, -0.25) is 4.90 Å². The molecule has 232 valence electrons. The van der Waals surface area contributed by atoms with Gasteiger partial charge in [0.2, 0.25) is 11.2 Å². The van der Waals surface area contributed by atoms with E-state index in [4.69, 9.17) is 4.74 Å². The van der Waals surface area contributed by atoms with Crippen LogP contribution < -0.4 is 5.32 Å². The Morgan fingerprint density at radius 2 is 1.29 bits per heavy atom. The van der Waals surface area contributed by atoms with Gasteiger partial charge in [0, 0.05) is 19.1 Å². The van der Waals surface area contributed by atoms with Gasteiger partial charge in [-0.1, -0.05) is 0 Å². The van der Waals surface area contributed by atoms with Gasteiger partial charge in [-0.2, -0.15) is 26.3 Å². The minimum atomic E-state index is -4.89. The number of ether oxygens (including phenoxy) is 1. The van der Waals surface area contributed by atoms with Crippen molar-refractivity contribution in [3.05, 3.63) is 23.3 Å². The Labute approximate surface area is 231 Å². The van der Waals surface area contributed by atoms with Gasteiger partial charge in [0.15, 0.2) is 17.5 Å². The number of nitrogens with one attached hydrogen (secondary N) is 1. The van der Waals surface area contributed by atoms with Gasteiger partial charge >= 0.3 is 18.4 Å². The van der Waals surface area contributed by atoms with Crippen molar-refractivity contribution in [3.63, 3.8) is 0 Å². The topological polar surface area (TPSA) is 143 Å². The number of alkyl halides is 6. The Morgan fingerprint density at radius 1 is 0.829 bits per heavy atom. The molecule has 41 heavy (non-hydrogen) atoms. The highest BCUT2D eigenvalue weighted by Crippen LogP contribution is 2.40. The molecule has 0 aliphatic carbocycles. The van der Waals surface area contributed by atoms with Crippen LogP contribution >= 0.6 is 0 Å². The van der Waals surface area contributed by atoms with E-state index >= 15 is 0 Å². The van der Waals surface area contributed by atoms with Crippen LogP contribution in [-0.4, -0.2) is 81.8 Å². The molecule has 18 heteroatoms. The average molecular weight is 601 g/mol. The van der Waals surface area contributed by atoms with Crippen LogP contribution in [0.25, 0.3) is 0 Å². The predicted molar refractivity (Wildman–Crippen MR) is 129 cm³/mol. The minimum absolute atomic E-state index is 0.0415. The van der Waals surface area contributed by atoms with Gasteiger partial charge in [-0.25, -0.2) is 4.79 Å². The molecule has 3 N–H and O–H groups in total. The van der Waals surface area contributed by atoms with Gasteiger partial charge in [-0.15, -0.1) is 20.4 Å². The van der Waals surface area contributed by atoms with Crippen molar-refractivity contribution < 1.29 is 46.1 Å². The molecule has 1 amide bonds. The van der Waals surface area contributed by atoms with Gasteiger partial charge in [-0.05, 0) is 48.5 Å². The Hall–Kier alpha value is -2.99. The lowest BCUT2D eigenvalue weighted by atomic mass is 10.0. The first-order chi connectivity index (χ1) is 18.5. The van der Waals surface area contributed by atoms with Crippen LogP contribution in [-0.2, 0) is 29.0 Å². The molecule has 2 aromatic heterocycles. The van der Waals surface area contributed by atoms with Crippen molar-refractivity contribution in [1.29, 1.82) is 0 Å². The molecule has 2 aliphatic rings. The third kappa shape index (κ3) is 6.43. The van der Waals surface area contributed by atoms with Crippen LogP contribution in [0.2, 0.25) is 0 Å². The fraction of sp³-hybridized carbons (Fsp3) is 0.783. The van der Waals surface area contributed by atoms with Crippen molar-refractivity contribution in [3.8, 4) is 0 Å². The first-order valence-electron chi connectivity index (χ1n) is 12.6. The zero-order valence-electron chi connectivity index (χ0n) is 23.6. The number of aliphatic hydroxyl groups is 2. The van der Waals surface area contributed by atoms with E-state index in [0.717, 1.165) is 0 Å². The summed E-state index contributed by atoms with van der Waals surface area (Å²) in [5.74, 6) is -0.460. The van der Waals surface area contributed by atoms with Crippen LogP contribution in [0, 0.1) is 0 Å². The number of amides is 1. The van der Waals surface area contributed by atoms with Crippen molar-refractivity contribution in [1.82, 2.24) is 39.7 Å². The maximum absolute atomic E-state index is 13.1. The van der Waals surface area contributed by atoms with Crippen LogP contribution in [0.5, 0.6) is 0 Å². The fourth-order valence-electron chi connectivity index (χ4n) is 4.30. The number of hydrogen-bond acceptors (Lipinski definition) is 9. The van der Waals surface area contributed by atoms with Crippen LogP contribution in [0.1, 0.15) is 83.8 Å². The summed E-state index contributed by atoms with van der Waals surface area (Å²) in [5, 5.41) is 36.9. The van der Waals surface area contributed by atoms with Crippen molar-refractivity contribution in [2.45, 2.75) is 103 Å². The molecule has 4 atom stereocenters. The molecule has 2 aliphatic heterocycles. The Morgan fingerprint density at radius 3 is 1.76 bits per heavy atom. The second-order valence-corrected chi connectivity index (χ2v) is 11.4. The minimum Gasteiger partial charge on any atom is -0.444 e. The van der Waals surface area contributed by atoms with Gasteiger partial charge in [0.1, 0.15) is 11.4 Å². The summed E-state index contributed by atoms with van der Waals surface area (Å²) in [4.78, 5) is 13.5. The molecular formula is C23H34F6N8O4. The molecule has 0 unspecified atom stereocenters. The second-order valence-electron chi connectivity index (χ2n) is 11.4. The molecular weight excluding hydrogens is 566 g/mol.